The normalized spacial score (nSPS) is 12.6. The van der Waals surface area contributed by atoms with Crippen molar-refractivity contribution in [2.45, 2.75) is 22.3 Å². The van der Waals surface area contributed by atoms with E-state index in [0.29, 0.717) is 42.4 Å². The predicted molar refractivity (Wildman–Crippen MR) is 140 cm³/mol. The van der Waals surface area contributed by atoms with Gasteiger partial charge in [-0.1, -0.05) is 24.3 Å². The minimum Gasteiger partial charge on any atom is -0.224 e. The third-order valence-electron chi connectivity index (χ3n) is 5.98. The molecule has 3 aromatic carbocycles. The van der Waals surface area contributed by atoms with E-state index in [1.165, 1.54) is 24.3 Å². The lowest BCUT2D eigenvalue weighted by Crippen LogP contribution is -2.11. The van der Waals surface area contributed by atoms with Crippen molar-refractivity contribution >= 4 is 62.9 Å². The second-order valence-corrected chi connectivity index (χ2v) is 13.9. The summed E-state index contributed by atoms with van der Waals surface area (Å²) >= 11 is 1.86. The van der Waals surface area contributed by atoms with Crippen LogP contribution in [0.4, 0.5) is 8.78 Å². The van der Waals surface area contributed by atoms with Gasteiger partial charge < -0.3 is 0 Å². The van der Waals surface area contributed by atoms with Gasteiger partial charge in [0.1, 0.15) is 20.1 Å². The van der Waals surface area contributed by atoms with Gasteiger partial charge >= 0.3 is 0 Å². The number of primary sulfonamides is 2. The average Bonchev–Trinajstić information content (AvgIpc) is 3.31. The van der Waals surface area contributed by atoms with Gasteiger partial charge in [-0.15, -0.1) is 22.7 Å². The number of nitrogens with two attached hydrogens (primary N) is 2. The first kappa shape index (κ1) is 24.9. The zero-order valence-corrected chi connectivity index (χ0v) is 22.1. The van der Waals surface area contributed by atoms with E-state index < -0.39 is 31.7 Å². The summed E-state index contributed by atoms with van der Waals surface area (Å²) in [4.78, 5) is 0. The molecular formula is C24H18F2N2O4S4. The van der Waals surface area contributed by atoms with Crippen LogP contribution in [0.5, 0.6) is 0 Å². The highest BCUT2D eigenvalue weighted by Crippen LogP contribution is 2.47. The van der Waals surface area contributed by atoms with Gasteiger partial charge in [-0.3, -0.25) is 0 Å². The Morgan fingerprint density at radius 3 is 1.33 bits per heavy atom. The summed E-state index contributed by atoms with van der Waals surface area (Å²) in [6.45, 7) is 3.10. The van der Waals surface area contributed by atoms with E-state index in [9.17, 15) is 16.8 Å². The number of thiophene rings is 2. The van der Waals surface area contributed by atoms with Crippen molar-refractivity contribution in [1.82, 2.24) is 0 Å². The summed E-state index contributed by atoms with van der Waals surface area (Å²) in [5, 5.41) is 11.5. The number of halogens is 2. The molecule has 0 saturated heterocycles. The summed E-state index contributed by atoms with van der Waals surface area (Å²) in [5.74, 6) is -1.26. The summed E-state index contributed by atoms with van der Waals surface area (Å²) < 4.78 is 80.4. The molecule has 4 N–H and O–H groups in total. The minimum atomic E-state index is -4.05. The Morgan fingerprint density at radius 1 is 0.639 bits per heavy atom. The first-order valence-corrected chi connectivity index (χ1v) is 15.1. The molecule has 6 nitrogen and oxygen atoms in total. The Morgan fingerprint density at radius 2 is 1.00 bits per heavy atom. The molecule has 0 aliphatic heterocycles. The summed E-state index contributed by atoms with van der Waals surface area (Å²) in [7, 11) is -8.11. The molecule has 0 amide bonds. The second kappa shape index (κ2) is 8.40. The van der Waals surface area contributed by atoms with Gasteiger partial charge in [0.15, 0.2) is 0 Å². The van der Waals surface area contributed by atoms with Crippen molar-refractivity contribution in [3.8, 4) is 22.3 Å². The Balaban J connectivity index is 1.92. The van der Waals surface area contributed by atoms with Crippen LogP contribution in [-0.4, -0.2) is 16.8 Å². The van der Waals surface area contributed by atoms with Gasteiger partial charge in [0.2, 0.25) is 20.0 Å². The summed E-state index contributed by atoms with van der Waals surface area (Å²) in [6, 6.07) is 12.0. The van der Waals surface area contributed by atoms with Crippen molar-refractivity contribution in [2.75, 3.05) is 0 Å². The largest absolute Gasteiger partial charge is 0.247 e. The highest BCUT2D eigenvalue weighted by Gasteiger charge is 2.26. The van der Waals surface area contributed by atoms with Crippen molar-refractivity contribution < 1.29 is 25.6 Å². The maximum Gasteiger partial charge on any atom is 0.247 e. The van der Waals surface area contributed by atoms with Gasteiger partial charge in [0, 0.05) is 31.3 Å². The smallest absolute Gasteiger partial charge is 0.224 e. The maximum absolute atomic E-state index is 15.5. The van der Waals surface area contributed by atoms with E-state index >= 15 is 8.78 Å². The zero-order chi connectivity index (χ0) is 26.2. The fourth-order valence-corrected chi connectivity index (χ4v) is 9.00. The Kier molecular flexibility index (Phi) is 5.82. The Bertz CT molecular complexity index is 1800. The lowest BCUT2D eigenvalue weighted by Gasteiger charge is -2.15. The predicted octanol–water partition coefficient (Wildman–Crippen LogP) is 5.64. The van der Waals surface area contributed by atoms with E-state index in [-0.39, 0.29) is 19.5 Å². The van der Waals surface area contributed by atoms with Crippen LogP contribution in [0.3, 0.4) is 0 Å². The summed E-state index contributed by atoms with van der Waals surface area (Å²) in [6.07, 6.45) is 0. The van der Waals surface area contributed by atoms with Crippen LogP contribution in [0.25, 0.3) is 42.4 Å². The standard InChI is InChI=1S/C24H18F2N2O4S4/c1-11-19-17(33-23(11)35(27,29)30)9-7-15(25)21(19)13-5-3-4-6-14(13)22-16(26)8-10-18-20(22)12(2)24(34-18)36(28,31)32/h3-10H,1-2H3,(H2,27,29,30)(H2,28,31,32). The third-order valence-corrected chi connectivity index (χ3v) is 11.6. The average molecular weight is 565 g/mol. The van der Waals surface area contributed by atoms with E-state index in [0.717, 1.165) is 22.7 Å². The monoisotopic (exact) mass is 564 g/mol. The fourth-order valence-electron chi connectivity index (χ4n) is 4.58. The van der Waals surface area contributed by atoms with Gasteiger partial charge in [0.25, 0.3) is 0 Å². The van der Waals surface area contributed by atoms with E-state index in [2.05, 4.69) is 0 Å². The molecule has 2 aromatic heterocycles. The van der Waals surface area contributed by atoms with Crippen molar-refractivity contribution in [1.29, 1.82) is 0 Å². The van der Waals surface area contributed by atoms with Crippen LogP contribution in [-0.2, 0) is 20.0 Å². The van der Waals surface area contributed by atoms with Gasteiger partial charge in [-0.25, -0.2) is 35.9 Å². The second-order valence-electron chi connectivity index (χ2n) is 8.26. The van der Waals surface area contributed by atoms with Crippen molar-refractivity contribution in [2.24, 2.45) is 10.3 Å². The number of rotatable bonds is 4. The van der Waals surface area contributed by atoms with Crippen LogP contribution in [0.1, 0.15) is 11.1 Å². The van der Waals surface area contributed by atoms with Crippen LogP contribution >= 0.6 is 22.7 Å². The number of hydrogen-bond acceptors (Lipinski definition) is 6. The highest BCUT2D eigenvalue weighted by atomic mass is 32.3. The molecule has 2 heterocycles. The first-order valence-electron chi connectivity index (χ1n) is 10.4. The van der Waals surface area contributed by atoms with Gasteiger partial charge in [-0.2, -0.15) is 0 Å². The van der Waals surface area contributed by atoms with Crippen LogP contribution in [0, 0.1) is 25.5 Å². The molecule has 5 rings (SSSR count). The molecule has 0 fully saturated rings. The Labute approximate surface area is 213 Å². The Hall–Kier alpha value is -2.74. The topological polar surface area (TPSA) is 120 Å². The first-order chi connectivity index (χ1) is 16.8. The molecular weight excluding hydrogens is 547 g/mol. The maximum atomic E-state index is 15.5. The number of fused-ring (bicyclic) bond motifs is 2. The van der Waals surface area contributed by atoms with Gasteiger partial charge in [0.05, 0.1) is 0 Å². The molecule has 0 saturated carbocycles. The molecule has 36 heavy (non-hydrogen) atoms. The van der Waals surface area contributed by atoms with Gasteiger partial charge in [-0.05, 0) is 60.4 Å². The van der Waals surface area contributed by atoms with Crippen LogP contribution < -0.4 is 10.3 Å². The van der Waals surface area contributed by atoms with E-state index in [1.54, 1.807) is 38.1 Å². The SMILES string of the molecule is Cc1c(S(N)(=O)=O)sc2ccc(F)c(-c3ccccc3-c3c(F)ccc4sc(S(N)(=O)=O)c(C)c34)c12. The minimum absolute atomic E-state index is 0.0819. The fraction of sp³-hybridized carbons (Fsp3) is 0.0833. The quantitative estimate of drug-likeness (QED) is 0.293. The molecule has 0 radical (unpaired) electrons. The highest BCUT2D eigenvalue weighted by molar-refractivity contribution is 7.91. The summed E-state index contributed by atoms with van der Waals surface area (Å²) in [5.41, 5.74) is 1.42. The molecule has 0 spiro atoms. The molecule has 5 aromatic rings. The molecule has 0 atom stereocenters. The van der Waals surface area contributed by atoms with E-state index in [1.807, 2.05) is 0 Å². The molecule has 12 heteroatoms. The molecule has 0 bridgehead atoms. The lowest BCUT2D eigenvalue weighted by atomic mass is 9.89. The lowest BCUT2D eigenvalue weighted by molar-refractivity contribution is 0.597. The molecule has 0 aliphatic rings. The molecule has 0 unspecified atom stereocenters. The van der Waals surface area contributed by atoms with Crippen LogP contribution in [0.15, 0.2) is 56.9 Å². The number of hydrogen-bond donors (Lipinski definition) is 2. The molecule has 0 aliphatic carbocycles. The van der Waals surface area contributed by atoms with Crippen LogP contribution in [0.2, 0.25) is 0 Å². The zero-order valence-electron chi connectivity index (χ0n) is 18.8. The third kappa shape index (κ3) is 3.85. The van der Waals surface area contributed by atoms with E-state index in [4.69, 9.17) is 10.3 Å². The number of benzene rings is 3. The van der Waals surface area contributed by atoms with Crippen molar-refractivity contribution in [3.63, 3.8) is 0 Å². The molecule has 186 valence electrons. The van der Waals surface area contributed by atoms with Crippen molar-refractivity contribution in [3.05, 3.63) is 71.3 Å². The number of aryl methyl sites for hydroxylation is 2. The number of sulfonamides is 2.